The lowest BCUT2D eigenvalue weighted by Crippen LogP contribution is -2.30. The van der Waals surface area contributed by atoms with E-state index >= 15 is 0 Å². The number of hydrogen-bond donors (Lipinski definition) is 1. The Hall–Kier alpha value is -4.04. The minimum absolute atomic E-state index is 0.119. The molecule has 0 atom stereocenters. The minimum atomic E-state index is -0.600. The van der Waals surface area contributed by atoms with Gasteiger partial charge in [0.25, 0.3) is 0 Å². The standard InChI is InChI=1S/C26H27NO7/c1-2-25(28)33-17-16-30-15-14-27-26(29)34-24-13-12-23(21-10-6-7-11-22(21)24)32-19-18-31-20-8-4-3-5-9-20/h2-13H,1,14-19H2,(H,27,29). The first-order valence-corrected chi connectivity index (χ1v) is 10.8. The van der Waals surface area contributed by atoms with Crippen molar-refractivity contribution in [3.63, 3.8) is 0 Å². The van der Waals surface area contributed by atoms with Crippen molar-refractivity contribution in [1.29, 1.82) is 0 Å². The van der Waals surface area contributed by atoms with E-state index < -0.39 is 12.1 Å². The normalized spacial score (nSPS) is 10.4. The molecule has 0 heterocycles. The van der Waals surface area contributed by atoms with Crippen molar-refractivity contribution in [2.75, 3.05) is 39.6 Å². The highest BCUT2D eigenvalue weighted by atomic mass is 16.6. The number of hydrogen-bond acceptors (Lipinski definition) is 7. The quantitative estimate of drug-likeness (QED) is 0.230. The van der Waals surface area contributed by atoms with Crippen molar-refractivity contribution < 1.29 is 33.3 Å². The van der Waals surface area contributed by atoms with Gasteiger partial charge in [-0.3, -0.25) is 0 Å². The number of ether oxygens (including phenoxy) is 5. The topological polar surface area (TPSA) is 92.3 Å². The zero-order valence-corrected chi connectivity index (χ0v) is 18.7. The van der Waals surface area contributed by atoms with E-state index in [2.05, 4.69) is 11.9 Å². The van der Waals surface area contributed by atoms with E-state index in [0.29, 0.717) is 24.7 Å². The number of nitrogens with one attached hydrogen (secondary N) is 1. The molecule has 0 radical (unpaired) electrons. The van der Waals surface area contributed by atoms with E-state index in [0.717, 1.165) is 22.6 Å². The van der Waals surface area contributed by atoms with Crippen LogP contribution in [0.25, 0.3) is 10.8 Å². The molecule has 34 heavy (non-hydrogen) atoms. The molecule has 0 aliphatic rings. The summed E-state index contributed by atoms with van der Waals surface area (Å²) in [6.07, 6.45) is 0.483. The van der Waals surface area contributed by atoms with E-state index in [1.165, 1.54) is 0 Å². The minimum Gasteiger partial charge on any atom is -0.490 e. The Balaban J connectivity index is 1.45. The van der Waals surface area contributed by atoms with Crippen LogP contribution in [0.3, 0.4) is 0 Å². The van der Waals surface area contributed by atoms with Crippen molar-refractivity contribution in [3.8, 4) is 17.2 Å². The molecule has 0 aliphatic heterocycles. The molecule has 0 saturated carbocycles. The van der Waals surface area contributed by atoms with Gasteiger partial charge in [0.05, 0.1) is 13.2 Å². The van der Waals surface area contributed by atoms with Gasteiger partial charge in [-0.15, -0.1) is 0 Å². The lowest BCUT2D eigenvalue weighted by molar-refractivity contribution is -0.139. The Morgan fingerprint density at radius 1 is 0.765 bits per heavy atom. The summed E-state index contributed by atoms with van der Waals surface area (Å²) in [7, 11) is 0. The van der Waals surface area contributed by atoms with E-state index in [1.807, 2.05) is 54.6 Å². The molecule has 8 heteroatoms. The van der Waals surface area contributed by atoms with Crippen LogP contribution < -0.4 is 19.5 Å². The second kappa shape index (κ2) is 13.5. The molecule has 3 rings (SSSR count). The van der Waals surface area contributed by atoms with Crippen LogP contribution in [0.5, 0.6) is 17.2 Å². The largest absolute Gasteiger partial charge is 0.490 e. The van der Waals surface area contributed by atoms with Crippen molar-refractivity contribution in [2.24, 2.45) is 0 Å². The average molecular weight is 466 g/mol. The number of rotatable bonds is 13. The molecule has 178 valence electrons. The fraction of sp³-hybridized carbons (Fsp3) is 0.231. The first kappa shape index (κ1) is 24.6. The molecule has 0 fully saturated rings. The molecule has 1 amide bonds. The van der Waals surface area contributed by atoms with Crippen molar-refractivity contribution in [1.82, 2.24) is 5.32 Å². The number of para-hydroxylation sites is 1. The highest BCUT2D eigenvalue weighted by molar-refractivity contribution is 5.94. The van der Waals surface area contributed by atoms with Crippen molar-refractivity contribution in [3.05, 3.63) is 79.4 Å². The van der Waals surface area contributed by atoms with Crippen LogP contribution in [0.1, 0.15) is 0 Å². The number of fused-ring (bicyclic) bond motifs is 1. The molecule has 3 aromatic carbocycles. The van der Waals surface area contributed by atoms with Gasteiger partial charge < -0.3 is 29.0 Å². The van der Waals surface area contributed by atoms with Gasteiger partial charge in [0, 0.05) is 23.4 Å². The van der Waals surface area contributed by atoms with Crippen LogP contribution in [-0.4, -0.2) is 51.6 Å². The van der Waals surface area contributed by atoms with E-state index in [9.17, 15) is 9.59 Å². The van der Waals surface area contributed by atoms with Gasteiger partial charge in [0.1, 0.15) is 37.1 Å². The summed E-state index contributed by atoms with van der Waals surface area (Å²) in [6.45, 7) is 4.91. The van der Waals surface area contributed by atoms with Gasteiger partial charge in [-0.25, -0.2) is 9.59 Å². The van der Waals surface area contributed by atoms with Crippen molar-refractivity contribution >= 4 is 22.8 Å². The SMILES string of the molecule is C=CC(=O)OCCOCCNC(=O)Oc1ccc(OCCOc2ccccc2)c2ccccc12. The van der Waals surface area contributed by atoms with Crippen molar-refractivity contribution in [2.45, 2.75) is 0 Å². The van der Waals surface area contributed by atoms with Gasteiger partial charge in [-0.1, -0.05) is 49.0 Å². The van der Waals surface area contributed by atoms with Gasteiger partial charge in [0.15, 0.2) is 0 Å². The van der Waals surface area contributed by atoms with Crippen LogP contribution in [0.4, 0.5) is 4.79 Å². The molecule has 8 nitrogen and oxygen atoms in total. The molecule has 0 unspecified atom stereocenters. The highest BCUT2D eigenvalue weighted by Crippen LogP contribution is 2.33. The lowest BCUT2D eigenvalue weighted by atomic mass is 10.1. The van der Waals surface area contributed by atoms with Crippen LogP contribution >= 0.6 is 0 Å². The highest BCUT2D eigenvalue weighted by Gasteiger charge is 2.11. The molecular weight excluding hydrogens is 438 g/mol. The molecule has 0 bridgehead atoms. The molecule has 1 N–H and O–H groups in total. The Morgan fingerprint density at radius 3 is 2.21 bits per heavy atom. The van der Waals surface area contributed by atoms with E-state index in [1.54, 1.807) is 12.1 Å². The number of benzene rings is 3. The maximum Gasteiger partial charge on any atom is 0.412 e. The maximum atomic E-state index is 12.2. The molecule has 3 aromatic rings. The third-order valence-corrected chi connectivity index (χ3v) is 4.55. The lowest BCUT2D eigenvalue weighted by Gasteiger charge is -2.13. The van der Waals surface area contributed by atoms with Crippen LogP contribution in [0, 0.1) is 0 Å². The molecule has 0 spiro atoms. The molecule has 0 saturated heterocycles. The number of carbonyl (C=O) groups is 2. The van der Waals surface area contributed by atoms with Crippen LogP contribution in [0.15, 0.2) is 79.4 Å². The van der Waals surface area contributed by atoms with Gasteiger partial charge in [0.2, 0.25) is 0 Å². The molecular formula is C26H27NO7. The number of esters is 1. The van der Waals surface area contributed by atoms with E-state index in [4.69, 9.17) is 23.7 Å². The Labute approximate surface area is 198 Å². The summed E-state index contributed by atoms with van der Waals surface area (Å²) in [5.74, 6) is 1.37. The number of carbonyl (C=O) groups excluding carboxylic acids is 2. The fourth-order valence-corrected chi connectivity index (χ4v) is 3.01. The zero-order chi connectivity index (χ0) is 24.0. The summed E-state index contributed by atoms with van der Waals surface area (Å²) in [4.78, 5) is 23.1. The Bertz CT molecular complexity index is 1080. The smallest absolute Gasteiger partial charge is 0.412 e. The fourth-order valence-electron chi connectivity index (χ4n) is 3.01. The summed E-state index contributed by atoms with van der Waals surface area (Å²) >= 11 is 0. The van der Waals surface area contributed by atoms with Gasteiger partial charge >= 0.3 is 12.1 Å². The summed E-state index contributed by atoms with van der Waals surface area (Å²) in [5.41, 5.74) is 0. The predicted octanol–water partition coefficient (Wildman–Crippen LogP) is 4.13. The predicted molar refractivity (Wildman–Crippen MR) is 127 cm³/mol. The zero-order valence-electron chi connectivity index (χ0n) is 18.7. The number of amides is 1. The average Bonchev–Trinajstić information content (AvgIpc) is 2.87. The third-order valence-electron chi connectivity index (χ3n) is 4.55. The monoisotopic (exact) mass is 465 g/mol. The maximum absolute atomic E-state index is 12.2. The van der Waals surface area contributed by atoms with Crippen LogP contribution in [0.2, 0.25) is 0 Å². The second-order valence-electron chi connectivity index (χ2n) is 6.92. The first-order valence-electron chi connectivity index (χ1n) is 10.8. The summed E-state index contributed by atoms with van der Waals surface area (Å²) in [6, 6.07) is 20.5. The Kier molecular flexibility index (Phi) is 9.76. The Morgan fingerprint density at radius 2 is 1.44 bits per heavy atom. The van der Waals surface area contributed by atoms with E-state index in [-0.39, 0.29) is 26.4 Å². The van der Waals surface area contributed by atoms with Gasteiger partial charge in [-0.05, 0) is 24.3 Å². The third kappa shape index (κ3) is 7.83. The van der Waals surface area contributed by atoms with Gasteiger partial charge in [-0.2, -0.15) is 0 Å². The first-order chi connectivity index (χ1) is 16.7. The summed E-state index contributed by atoms with van der Waals surface area (Å²) in [5, 5.41) is 4.19. The molecule has 0 aromatic heterocycles. The summed E-state index contributed by atoms with van der Waals surface area (Å²) < 4.78 is 27.1. The molecule has 0 aliphatic carbocycles. The van der Waals surface area contributed by atoms with Crippen LogP contribution in [-0.2, 0) is 14.3 Å². The second-order valence-corrected chi connectivity index (χ2v) is 6.92.